The van der Waals surface area contributed by atoms with E-state index in [0.717, 1.165) is 94.6 Å². The number of rotatable bonds is 20. The Morgan fingerprint density at radius 2 is 1.68 bits per heavy atom. The van der Waals surface area contributed by atoms with Gasteiger partial charge in [0.05, 0.1) is 0 Å². The van der Waals surface area contributed by atoms with Crippen LogP contribution in [0.5, 0.6) is 5.75 Å². The summed E-state index contributed by atoms with van der Waals surface area (Å²) in [6.45, 7) is 3.79. The molecule has 1 aliphatic rings. The minimum Gasteiger partial charge on any atom is -0.508 e. The first kappa shape index (κ1) is 33.2. The monoisotopic (exact) mass is 600 g/mol. The lowest BCUT2D eigenvalue weighted by Crippen LogP contribution is -2.15. The van der Waals surface area contributed by atoms with Crippen LogP contribution in [0.25, 0.3) is 0 Å². The van der Waals surface area contributed by atoms with E-state index in [2.05, 4.69) is 17.2 Å². The molecule has 1 aromatic heterocycles. The molecule has 0 saturated heterocycles. The maximum Gasteiger partial charge on any atom is 0.277 e. The third-order valence-electron chi connectivity index (χ3n) is 8.56. The number of hydrogen-bond donors (Lipinski definition) is 2. The molecule has 1 saturated carbocycles. The summed E-state index contributed by atoms with van der Waals surface area (Å²) in [7, 11) is 0. The van der Waals surface area contributed by atoms with Crippen molar-refractivity contribution in [2.24, 2.45) is 0 Å². The molecule has 1 aliphatic carbocycles. The lowest BCUT2D eigenvalue weighted by atomic mass is 9.88. The van der Waals surface area contributed by atoms with Gasteiger partial charge in [-0.25, -0.2) is 4.98 Å². The number of aryl methyl sites for hydroxylation is 1. The first-order valence-corrected chi connectivity index (χ1v) is 16.6. The number of unbranched alkanes of at least 4 members (excludes halogenated alkanes) is 5. The highest BCUT2D eigenvalue weighted by Gasteiger charge is 2.29. The largest absolute Gasteiger partial charge is 0.508 e. The SMILES string of the molecule is CCCC(CCCc1ccc(C(=O)CCCCCCCCC(C)=O)cc1NC(=O)c1coc(C2CC2)n1)c1ccccc1O. The Balaban J connectivity index is 1.39. The molecule has 1 atom stereocenters. The number of anilines is 1. The van der Waals surface area contributed by atoms with E-state index in [9.17, 15) is 19.5 Å². The topological polar surface area (TPSA) is 110 Å². The fraction of sp³-hybridized carbons (Fsp3) is 0.514. The predicted molar refractivity (Wildman–Crippen MR) is 174 cm³/mol. The molecule has 1 heterocycles. The second-order valence-corrected chi connectivity index (χ2v) is 12.4. The van der Waals surface area contributed by atoms with Gasteiger partial charge in [0.1, 0.15) is 17.8 Å². The number of phenols is 1. The fourth-order valence-electron chi connectivity index (χ4n) is 5.87. The Bertz CT molecular complexity index is 1390. The van der Waals surface area contributed by atoms with Crippen molar-refractivity contribution in [3.63, 3.8) is 0 Å². The van der Waals surface area contributed by atoms with Crippen LogP contribution in [0, 0.1) is 0 Å². The summed E-state index contributed by atoms with van der Waals surface area (Å²) < 4.78 is 5.54. The van der Waals surface area contributed by atoms with Crippen molar-refractivity contribution in [1.29, 1.82) is 0 Å². The number of ketones is 2. The van der Waals surface area contributed by atoms with E-state index in [4.69, 9.17) is 4.42 Å². The highest BCUT2D eigenvalue weighted by Crippen LogP contribution is 2.39. The van der Waals surface area contributed by atoms with Crippen LogP contribution in [0.15, 0.2) is 53.1 Å². The standard InChI is InChI=1S/C37H48N2O5/c1-3-13-27(31-17-10-11-19-35(31)42)15-12-16-28-20-23-30(34(41)18-9-7-5-4-6-8-14-26(2)40)24-32(28)38-36(43)33-25-44-37(39-33)29-21-22-29/h10-11,17,19-20,23-25,27,29,42H,3-9,12-16,18,21-22H2,1-2H3,(H,38,43). The van der Waals surface area contributed by atoms with Gasteiger partial charge >= 0.3 is 0 Å². The average molecular weight is 601 g/mol. The Kier molecular flexibility index (Phi) is 12.8. The number of aromatic nitrogens is 1. The molecular formula is C37H48N2O5. The molecule has 2 aromatic carbocycles. The zero-order chi connectivity index (χ0) is 31.3. The zero-order valence-electron chi connectivity index (χ0n) is 26.4. The molecule has 236 valence electrons. The molecular weight excluding hydrogens is 552 g/mol. The second kappa shape index (κ2) is 16.9. The van der Waals surface area contributed by atoms with Crippen LogP contribution in [-0.2, 0) is 11.2 Å². The van der Waals surface area contributed by atoms with Crippen molar-refractivity contribution in [2.45, 2.75) is 122 Å². The Hall–Kier alpha value is -3.74. The molecule has 44 heavy (non-hydrogen) atoms. The van der Waals surface area contributed by atoms with Crippen molar-refractivity contribution in [2.75, 3.05) is 5.32 Å². The second-order valence-electron chi connectivity index (χ2n) is 12.4. The van der Waals surface area contributed by atoms with E-state index in [1.807, 2.05) is 36.4 Å². The number of aromatic hydroxyl groups is 1. The molecule has 0 bridgehead atoms. The van der Waals surface area contributed by atoms with Crippen LogP contribution in [0.1, 0.15) is 153 Å². The lowest BCUT2D eigenvalue weighted by Gasteiger charge is -2.18. The summed E-state index contributed by atoms with van der Waals surface area (Å²) in [5.74, 6) is 1.50. The zero-order valence-corrected chi connectivity index (χ0v) is 26.4. The van der Waals surface area contributed by atoms with E-state index in [0.29, 0.717) is 41.7 Å². The molecule has 3 aromatic rings. The maximum absolute atomic E-state index is 13.2. The van der Waals surface area contributed by atoms with Gasteiger partial charge in [0.2, 0.25) is 0 Å². The molecule has 2 N–H and O–H groups in total. The third-order valence-corrected chi connectivity index (χ3v) is 8.56. The number of nitrogens with zero attached hydrogens (tertiary/aromatic N) is 1. The van der Waals surface area contributed by atoms with Crippen molar-refractivity contribution in [1.82, 2.24) is 4.98 Å². The highest BCUT2D eigenvalue weighted by molar-refractivity contribution is 6.04. The highest BCUT2D eigenvalue weighted by atomic mass is 16.3. The predicted octanol–water partition coefficient (Wildman–Crippen LogP) is 9.31. The van der Waals surface area contributed by atoms with Gasteiger partial charge in [0.25, 0.3) is 5.91 Å². The van der Waals surface area contributed by atoms with Gasteiger partial charge < -0.3 is 19.6 Å². The minimum absolute atomic E-state index is 0.0728. The van der Waals surface area contributed by atoms with E-state index in [1.165, 1.54) is 6.26 Å². The van der Waals surface area contributed by atoms with E-state index in [1.54, 1.807) is 13.0 Å². The van der Waals surface area contributed by atoms with Gasteiger partial charge in [0, 0.05) is 30.0 Å². The van der Waals surface area contributed by atoms with Gasteiger partial charge in [-0.1, -0.05) is 69.4 Å². The molecule has 0 radical (unpaired) electrons. The first-order valence-electron chi connectivity index (χ1n) is 16.6. The van der Waals surface area contributed by atoms with Crippen molar-refractivity contribution in [3.05, 3.63) is 77.0 Å². The third kappa shape index (κ3) is 10.2. The van der Waals surface area contributed by atoms with E-state index in [-0.39, 0.29) is 29.1 Å². The van der Waals surface area contributed by atoms with Gasteiger partial charge in [-0.3, -0.25) is 9.59 Å². The lowest BCUT2D eigenvalue weighted by molar-refractivity contribution is -0.117. The summed E-state index contributed by atoms with van der Waals surface area (Å²) in [4.78, 5) is 41.8. The van der Waals surface area contributed by atoms with Crippen molar-refractivity contribution >= 4 is 23.2 Å². The number of nitrogens with one attached hydrogen (secondary N) is 1. The molecule has 7 nitrogen and oxygen atoms in total. The number of amides is 1. The number of carbonyl (C=O) groups excluding carboxylic acids is 3. The van der Waals surface area contributed by atoms with Crippen LogP contribution in [-0.4, -0.2) is 27.6 Å². The Morgan fingerprint density at radius 1 is 0.955 bits per heavy atom. The van der Waals surface area contributed by atoms with Crippen molar-refractivity contribution in [3.8, 4) is 5.75 Å². The summed E-state index contributed by atoms with van der Waals surface area (Å²) in [5.41, 5.74) is 3.44. The van der Waals surface area contributed by atoms with Crippen LogP contribution >= 0.6 is 0 Å². The minimum atomic E-state index is -0.339. The average Bonchev–Trinajstić information content (AvgIpc) is 3.74. The normalized spacial score (nSPS) is 13.5. The van der Waals surface area contributed by atoms with E-state index < -0.39 is 0 Å². The molecule has 1 fully saturated rings. The number of benzene rings is 2. The summed E-state index contributed by atoms with van der Waals surface area (Å²) >= 11 is 0. The molecule has 1 amide bonds. The number of carbonyl (C=O) groups is 3. The number of hydrogen-bond acceptors (Lipinski definition) is 6. The Labute approximate surface area is 261 Å². The van der Waals surface area contributed by atoms with Crippen LogP contribution in [0.3, 0.4) is 0 Å². The number of Topliss-reactive ketones (excluding diaryl/α,β-unsaturated/α-hetero) is 2. The van der Waals surface area contributed by atoms with Gasteiger partial charge in [-0.05, 0) is 87.5 Å². The number of oxazole rings is 1. The number of para-hydroxylation sites is 1. The molecule has 1 unspecified atom stereocenters. The summed E-state index contributed by atoms with van der Waals surface area (Å²) in [6, 6.07) is 13.2. The molecule has 0 spiro atoms. The van der Waals surface area contributed by atoms with E-state index >= 15 is 0 Å². The van der Waals surface area contributed by atoms with Gasteiger partial charge in [-0.15, -0.1) is 0 Å². The Morgan fingerprint density at radius 3 is 2.39 bits per heavy atom. The number of phenolic OH excluding ortho intramolecular Hbond substituents is 1. The van der Waals surface area contributed by atoms with Crippen LogP contribution in [0.2, 0.25) is 0 Å². The summed E-state index contributed by atoms with van der Waals surface area (Å²) in [5, 5.41) is 13.5. The fourth-order valence-corrected chi connectivity index (χ4v) is 5.87. The van der Waals surface area contributed by atoms with Gasteiger partial charge in [0.15, 0.2) is 17.4 Å². The maximum atomic E-state index is 13.2. The van der Waals surface area contributed by atoms with Crippen LogP contribution < -0.4 is 5.32 Å². The van der Waals surface area contributed by atoms with Crippen molar-refractivity contribution < 1.29 is 23.9 Å². The molecule has 4 rings (SSSR count). The quantitative estimate of drug-likeness (QED) is 0.0988. The smallest absolute Gasteiger partial charge is 0.277 e. The van der Waals surface area contributed by atoms with Crippen LogP contribution in [0.4, 0.5) is 5.69 Å². The van der Waals surface area contributed by atoms with Gasteiger partial charge in [-0.2, -0.15) is 0 Å². The first-order chi connectivity index (χ1) is 21.4. The molecule has 7 heteroatoms. The molecule has 0 aliphatic heterocycles. The summed E-state index contributed by atoms with van der Waals surface area (Å²) in [6.07, 6.45) is 15.1.